The Balaban J connectivity index is 1.69. The van der Waals surface area contributed by atoms with Gasteiger partial charge < -0.3 is 20.3 Å². The standard InChI is InChI=1S/C24H30N6O3/c1-15(2)28-21-18-11-16(17-12-26-27-13-17)5-6-20(18)25-14-19(21)22(31)29-24(3,4)23(32)30-7-9-33-10-8-30/h5-6,11-15H,7-10H2,1-4H3,(H,25,28)(H,26,27)(H,29,31). The fourth-order valence-electron chi connectivity index (χ4n) is 3.96. The second kappa shape index (κ2) is 9.19. The number of hydrogen-bond donors (Lipinski definition) is 3. The van der Waals surface area contributed by atoms with Gasteiger partial charge in [0.15, 0.2) is 0 Å². The highest BCUT2D eigenvalue weighted by Crippen LogP contribution is 2.31. The summed E-state index contributed by atoms with van der Waals surface area (Å²) in [6.07, 6.45) is 5.14. The Morgan fingerprint density at radius 3 is 2.58 bits per heavy atom. The molecule has 4 rings (SSSR count). The molecule has 1 aromatic carbocycles. The van der Waals surface area contributed by atoms with E-state index < -0.39 is 5.54 Å². The Morgan fingerprint density at radius 2 is 1.91 bits per heavy atom. The number of benzene rings is 1. The summed E-state index contributed by atoms with van der Waals surface area (Å²) < 4.78 is 5.34. The zero-order chi connectivity index (χ0) is 23.6. The molecule has 0 radical (unpaired) electrons. The molecule has 0 spiro atoms. The first kappa shape index (κ1) is 22.7. The van der Waals surface area contributed by atoms with Crippen molar-refractivity contribution in [2.75, 3.05) is 31.6 Å². The van der Waals surface area contributed by atoms with E-state index in [0.717, 1.165) is 22.0 Å². The van der Waals surface area contributed by atoms with Crippen molar-refractivity contribution in [2.24, 2.45) is 0 Å². The Bertz CT molecular complexity index is 1150. The number of aromatic nitrogens is 3. The van der Waals surface area contributed by atoms with E-state index in [1.807, 2.05) is 38.2 Å². The van der Waals surface area contributed by atoms with Crippen LogP contribution in [0.5, 0.6) is 0 Å². The molecule has 1 fully saturated rings. The number of rotatable bonds is 6. The van der Waals surface area contributed by atoms with Crippen molar-refractivity contribution in [1.82, 2.24) is 25.4 Å². The summed E-state index contributed by atoms with van der Waals surface area (Å²) >= 11 is 0. The molecule has 2 aromatic heterocycles. The monoisotopic (exact) mass is 450 g/mol. The van der Waals surface area contributed by atoms with Gasteiger partial charge in [-0.15, -0.1) is 0 Å². The van der Waals surface area contributed by atoms with E-state index >= 15 is 0 Å². The third-order valence-electron chi connectivity index (χ3n) is 5.64. The predicted molar refractivity (Wildman–Crippen MR) is 127 cm³/mol. The molecule has 9 heteroatoms. The molecule has 33 heavy (non-hydrogen) atoms. The first-order chi connectivity index (χ1) is 15.8. The number of pyridine rings is 1. The highest BCUT2D eigenvalue weighted by atomic mass is 16.5. The largest absolute Gasteiger partial charge is 0.382 e. The minimum atomic E-state index is -1.07. The average molecular weight is 451 g/mol. The van der Waals surface area contributed by atoms with E-state index in [9.17, 15) is 9.59 Å². The van der Waals surface area contributed by atoms with Crippen LogP contribution in [-0.2, 0) is 9.53 Å². The quantitative estimate of drug-likeness (QED) is 0.532. The van der Waals surface area contributed by atoms with E-state index in [1.54, 1.807) is 31.1 Å². The SMILES string of the molecule is CC(C)Nc1c(C(=O)NC(C)(C)C(=O)N2CCOCC2)cnc2ccc(-c3cn[nH]c3)cc12. The van der Waals surface area contributed by atoms with Gasteiger partial charge in [-0.3, -0.25) is 19.7 Å². The highest BCUT2D eigenvalue weighted by Gasteiger charge is 2.35. The fourth-order valence-corrected chi connectivity index (χ4v) is 3.96. The molecule has 1 aliphatic heterocycles. The molecule has 0 unspecified atom stereocenters. The van der Waals surface area contributed by atoms with Crippen LogP contribution < -0.4 is 10.6 Å². The van der Waals surface area contributed by atoms with Crippen molar-refractivity contribution in [3.63, 3.8) is 0 Å². The van der Waals surface area contributed by atoms with Gasteiger partial charge in [-0.05, 0) is 45.4 Å². The van der Waals surface area contributed by atoms with Crippen molar-refractivity contribution < 1.29 is 14.3 Å². The van der Waals surface area contributed by atoms with Crippen LogP contribution in [0.2, 0.25) is 0 Å². The Kier molecular flexibility index (Phi) is 6.33. The highest BCUT2D eigenvalue weighted by molar-refractivity contribution is 6.09. The Morgan fingerprint density at radius 1 is 1.15 bits per heavy atom. The van der Waals surface area contributed by atoms with Crippen molar-refractivity contribution in [1.29, 1.82) is 0 Å². The van der Waals surface area contributed by atoms with Gasteiger partial charge in [-0.25, -0.2) is 0 Å². The third kappa shape index (κ3) is 4.83. The minimum Gasteiger partial charge on any atom is -0.382 e. The van der Waals surface area contributed by atoms with Crippen LogP contribution in [0, 0.1) is 0 Å². The summed E-state index contributed by atoms with van der Waals surface area (Å²) in [7, 11) is 0. The molecule has 2 amide bonds. The zero-order valence-corrected chi connectivity index (χ0v) is 19.4. The Hall–Kier alpha value is -3.46. The molecule has 9 nitrogen and oxygen atoms in total. The number of aromatic amines is 1. The number of morpholine rings is 1. The molecule has 0 atom stereocenters. The van der Waals surface area contributed by atoms with Crippen molar-refractivity contribution in [3.8, 4) is 11.1 Å². The number of H-pyrrole nitrogens is 1. The smallest absolute Gasteiger partial charge is 0.255 e. The van der Waals surface area contributed by atoms with Gasteiger partial charge in [0.1, 0.15) is 5.54 Å². The number of fused-ring (bicyclic) bond motifs is 1. The number of carbonyl (C=O) groups excluding carboxylic acids is 2. The van der Waals surface area contributed by atoms with Gasteiger partial charge in [-0.2, -0.15) is 5.10 Å². The maximum atomic E-state index is 13.4. The maximum Gasteiger partial charge on any atom is 0.255 e. The van der Waals surface area contributed by atoms with Crippen LogP contribution in [0.25, 0.3) is 22.0 Å². The number of anilines is 1. The van der Waals surface area contributed by atoms with Crippen LogP contribution in [-0.4, -0.2) is 69.8 Å². The van der Waals surface area contributed by atoms with Crippen LogP contribution >= 0.6 is 0 Å². The van der Waals surface area contributed by atoms with E-state index in [4.69, 9.17) is 4.74 Å². The van der Waals surface area contributed by atoms with E-state index in [1.165, 1.54) is 0 Å². The zero-order valence-electron chi connectivity index (χ0n) is 19.4. The van der Waals surface area contributed by atoms with Crippen LogP contribution in [0.15, 0.2) is 36.8 Å². The number of amides is 2. The molecular weight excluding hydrogens is 420 g/mol. The van der Waals surface area contributed by atoms with Gasteiger partial charge in [0.05, 0.1) is 36.2 Å². The van der Waals surface area contributed by atoms with Crippen molar-refractivity contribution in [3.05, 3.63) is 42.4 Å². The second-order valence-corrected chi connectivity index (χ2v) is 9.05. The summed E-state index contributed by atoms with van der Waals surface area (Å²) in [5, 5.41) is 14.0. The molecule has 0 bridgehead atoms. The first-order valence-electron chi connectivity index (χ1n) is 11.1. The maximum absolute atomic E-state index is 13.4. The van der Waals surface area contributed by atoms with Gasteiger partial charge in [0, 0.05) is 42.5 Å². The summed E-state index contributed by atoms with van der Waals surface area (Å²) in [6.45, 7) is 9.53. The summed E-state index contributed by atoms with van der Waals surface area (Å²) in [5.41, 5.74) is 2.68. The normalized spacial score (nSPS) is 14.5. The molecule has 3 aromatic rings. The lowest BCUT2D eigenvalue weighted by Crippen LogP contribution is -2.58. The van der Waals surface area contributed by atoms with Crippen LogP contribution in [0.4, 0.5) is 5.69 Å². The second-order valence-electron chi connectivity index (χ2n) is 9.05. The van der Waals surface area contributed by atoms with E-state index in [2.05, 4.69) is 25.8 Å². The number of ether oxygens (including phenoxy) is 1. The lowest BCUT2D eigenvalue weighted by atomic mass is 10.00. The third-order valence-corrected chi connectivity index (χ3v) is 5.64. The summed E-state index contributed by atoms with van der Waals surface area (Å²) in [4.78, 5) is 32.7. The van der Waals surface area contributed by atoms with E-state index in [0.29, 0.717) is 37.6 Å². The molecule has 3 N–H and O–H groups in total. The average Bonchev–Trinajstić information content (AvgIpc) is 3.33. The molecule has 174 valence electrons. The first-order valence-corrected chi connectivity index (χ1v) is 11.1. The summed E-state index contributed by atoms with van der Waals surface area (Å²) in [6, 6.07) is 5.99. The molecular formula is C24H30N6O3. The molecule has 1 saturated heterocycles. The molecule has 3 heterocycles. The number of carbonyl (C=O) groups is 2. The Labute approximate surface area is 192 Å². The van der Waals surface area contributed by atoms with Gasteiger partial charge >= 0.3 is 0 Å². The number of nitrogens with zero attached hydrogens (tertiary/aromatic N) is 3. The number of hydrogen-bond acceptors (Lipinski definition) is 6. The van der Waals surface area contributed by atoms with Gasteiger partial charge in [-0.1, -0.05) is 6.07 Å². The topological polar surface area (TPSA) is 112 Å². The predicted octanol–water partition coefficient (Wildman–Crippen LogP) is 2.81. The van der Waals surface area contributed by atoms with Gasteiger partial charge in [0.2, 0.25) is 5.91 Å². The number of nitrogens with one attached hydrogen (secondary N) is 3. The van der Waals surface area contributed by atoms with Gasteiger partial charge in [0.25, 0.3) is 5.91 Å². The lowest BCUT2D eigenvalue weighted by Gasteiger charge is -2.34. The van der Waals surface area contributed by atoms with E-state index in [-0.39, 0.29) is 17.9 Å². The lowest BCUT2D eigenvalue weighted by molar-refractivity contribution is -0.140. The summed E-state index contributed by atoms with van der Waals surface area (Å²) in [5.74, 6) is -0.485. The molecule has 0 saturated carbocycles. The molecule has 0 aliphatic carbocycles. The fraction of sp³-hybridized carbons (Fsp3) is 0.417. The van der Waals surface area contributed by atoms with Crippen molar-refractivity contribution in [2.45, 2.75) is 39.3 Å². The van der Waals surface area contributed by atoms with Crippen LogP contribution in [0.3, 0.4) is 0 Å². The minimum absolute atomic E-state index is 0.0859. The van der Waals surface area contributed by atoms with Crippen LogP contribution in [0.1, 0.15) is 38.1 Å². The van der Waals surface area contributed by atoms with Crippen molar-refractivity contribution >= 4 is 28.4 Å². The molecule has 1 aliphatic rings.